The van der Waals surface area contributed by atoms with E-state index >= 15 is 0 Å². The van der Waals surface area contributed by atoms with Gasteiger partial charge in [0.1, 0.15) is 18.1 Å². The quantitative estimate of drug-likeness (QED) is 0.826. The number of hydrogen-bond donors (Lipinski definition) is 2. The van der Waals surface area contributed by atoms with Crippen molar-refractivity contribution in [2.24, 2.45) is 0 Å². The second kappa shape index (κ2) is 6.96. The van der Waals surface area contributed by atoms with Crippen LogP contribution in [0.15, 0.2) is 53.0 Å². The van der Waals surface area contributed by atoms with E-state index in [-0.39, 0.29) is 17.2 Å². The molecule has 0 saturated carbocycles. The zero-order valence-corrected chi connectivity index (χ0v) is 12.3. The lowest BCUT2D eigenvalue weighted by Gasteiger charge is -2.08. The molecule has 2 N–H and O–H groups in total. The Bertz CT molecular complexity index is 587. The fourth-order valence-electron chi connectivity index (χ4n) is 1.64. The van der Waals surface area contributed by atoms with Gasteiger partial charge >= 0.3 is 0 Å². The van der Waals surface area contributed by atoms with Crippen molar-refractivity contribution in [3.63, 3.8) is 0 Å². The van der Waals surface area contributed by atoms with Crippen LogP contribution in [0.25, 0.3) is 0 Å². The summed E-state index contributed by atoms with van der Waals surface area (Å²) in [6, 6.07) is 14.1. The fraction of sp³-hybridized carbons (Fsp3) is 0.133. The first-order chi connectivity index (χ1) is 9.66. The maximum atomic E-state index is 11.8. The van der Waals surface area contributed by atoms with Gasteiger partial charge in [-0.25, -0.2) is 0 Å². The minimum absolute atomic E-state index is 0.0548. The first kappa shape index (κ1) is 14.4. The van der Waals surface area contributed by atoms with Gasteiger partial charge in [-0.3, -0.25) is 4.79 Å². The van der Waals surface area contributed by atoms with Crippen molar-refractivity contribution in [2.75, 3.05) is 13.2 Å². The first-order valence-electron chi connectivity index (χ1n) is 6.11. The van der Waals surface area contributed by atoms with Crippen LogP contribution in [0, 0.1) is 0 Å². The largest absolute Gasteiger partial charge is 0.507 e. The lowest BCUT2D eigenvalue weighted by Crippen LogP contribution is -2.28. The summed E-state index contributed by atoms with van der Waals surface area (Å²) in [6.07, 6.45) is 0. The maximum Gasteiger partial charge on any atom is 0.255 e. The van der Waals surface area contributed by atoms with E-state index in [4.69, 9.17) is 4.74 Å². The van der Waals surface area contributed by atoms with Gasteiger partial charge in [0.2, 0.25) is 0 Å². The number of phenols is 1. The van der Waals surface area contributed by atoms with Gasteiger partial charge in [-0.1, -0.05) is 34.1 Å². The topological polar surface area (TPSA) is 58.6 Å². The Morgan fingerprint density at radius 2 is 1.95 bits per heavy atom. The molecule has 0 spiro atoms. The summed E-state index contributed by atoms with van der Waals surface area (Å²) in [5, 5.41) is 12.4. The number of aromatic hydroxyl groups is 1. The monoisotopic (exact) mass is 335 g/mol. The van der Waals surface area contributed by atoms with Gasteiger partial charge in [0.15, 0.2) is 0 Å². The van der Waals surface area contributed by atoms with Crippen molar-refractivity contribution in [3.05, 3.63) is 58.6 Å². The summed E-state index contributed by atoms with van der Waals surface area (Å²) >= 11 is 3.22. The molecule has 0 atom stereocenters. The van der Waals surface area contributed by atoms with Crippen LogP contribution in [-0.4, -0.2) is 24.2 Å². The van der Waals surface area contributed by atoms with Gasteiger partial charge in [0.05, 0.1) is 12.1 Å². The average Bonchev–Trinajstić information content (AvgIpc) is 2.44. The molecule has 0 saturated heterocycles. The number of benzene rings is 2. The Hall–Kier alpha value is -2.01. The maximum absolute atomic E-state index is 11.8. The predicted octanol–water partition coefficient (Wildman–Crippen LogP) is 2.96. The number of ether oxygens (including phenoxy) is 1. The van der Waals surface area contributed by atoms with Crippen LogP contribution < -0.4 is 10.1 Å². The van der Waals surface area contributed by atoms with E-state index in [9.17, 15) is 9.90 Å². The third-order valence-corrected chi connectivity index (χ3v) is 3.10. The van der Waals surface area contributed by atoms with E-state index in [1.807, 2.05) is 30.3 Å². The average molecular weight is 336 g/mol. The Morgan fingerprint density at radius 1 is 1.20 bits per heavy atom. The molecule has 0 heterocycles. The van der Waals surface area contributed by atoms with Gasteiger partial charge in [-0.05, 0) is 30.3 Å². The van der Waals surface area contributed by atoms with Crippen molar-refractivity contribution in [2.45, 2.75) is 0 Å². The fourth-order valence-corrected chi connectivity index (χ4v) is 1.99. The minimum Gasteiger partial charge on any atom is -0.507 e. The molecule has 0 aliphatic heterocycles. The molecule has 0 aromatic heterocycles. The lowest BCUT2D eigenvalue weighted by molar-refractivity contribution is 0.0944. The summed E-state index contributed by atoms with van der Waals surface area (Å²) in [7, 11) is 0. The van der Waals surface area contributed by atoms with Crippen molar-refractivity contribution < 1.29 is 14.6 Å². The normalized spacial score (nSPS) is 10.1. The lowest BCUT2D eigenvalue weighted by atomic mass is 10.2. The second-order valence-corrected chi connectivity index (χ2v) is 4.99. The van der Waals surface area contributed by atoms with Crippen molar-refractivity contribution >= 4 is 21.8 Å². The molecule has 0 radical (unpaired) electrons. The van der Waals surface area contributed by atoms with Gasteiger partial charge in [-0.15, -0.1) is 0 Å². The zero-order valence-electron chi connectivity index (χ0n) is 10.7. The third-order valence-electron chi connectivity index (χ3n) is 2.60. The molecule has 2 aromatic carbocycles. The highest BCUT2D eigenvalue weighted by Gasteiger charge is 2.10. The van der Waals surface area contributed by atoms with Gasteiger partial charge in [0, 0.05) is 4.47 Å². The first-order valence-corrected chi connectivity index (χ1v) is 6.90. The zero-order chi connectivity index (χ0) is 14.4. The Kier molecular flexibility index (Phi) is 5.01. The molecule has 0 aliphatic carbocycles. The predicted molar refractivity (Wildman–Crippen MR) is 80.1 cm³/mol. The van der Waals surface area contributed by atoms with Crippen LogP contribution in [0.3, 0.4) is 0 Å². The SMILES string of the molecule is O=C(NCCOc1ccccc1)c1ccc(Br)cc1O. The Morgan fingerprint density at radius 3 is 2.65 bits per heavy atom. The molecule has 2 aromatic rings. The summed E-state index contributed by atoms with van der Waals surface area (Å²) in [5.41, 5.74) is 0.243. The van der Waals surface area contributed by atoms with E-state index in [2.05, 4.69) is 21.2 Å². The van der Waals surface area contributed by atoms with Crippen LogP contribution in [0.5, 0.6) is 11.5 Å². The van der Waals surface area contributed by atoms with Crippen LogP contribution >= 0.6 is 15.9 Å². The number of phenolic OH excluding ortho intramolecular Hbond substituents is 1. The van der Waals surface area contributed by atoms with Crippen molar-refractivity contribution in [1.82, 2.24) is 5.32 Å². The molecular formula is C15H14BrNO3. The van der Waals surface area contributed by atoms with E-state index < -0.39 is 0 Å². The summed E-state index contributed by atoms with van der Waals surface area (Å²) in [6.45, 7) is 0.732. The number of carbonyl (C=O) groups excluding carboxylic acids is 1. The number of para-hydroxylation sites is 1. The summed E-state index contributed by atoms with van der Waals surface area (Å²) in [4.78, 5) is 11.8. The summed E-state index contributed by atoms with van der Waals surface area (Å²) < 4.78 is 6.18. The van der Waals surface area contributed by atoms with E-state index in [1.54, 1.807) is 12.1 Å². The molecule has 2 rings (SSSR count). The Labute approximate surface area is 125 Å². The number of rotatable bonds is 5. The van der Waals surface area contributed by atoms with Gasteiger partial charge in [0.25, 0.3) is 5.91 Å². The molecule has 0 fully saturated rings. The highest BCUT2D eigenvalue weighted by molar-refractivity contribution is 9.10. The van der Waals surface area contributed by atoms with E-state index in [1.165, 1.54) is 6.07 Å². The van der Waals surface area contributed by atoms with Crippen LogP contribution in [0.1, 0.15) is 10.4 Å². The van der Waals surface area contributed by atoms with E-state index in [0.29, 0.717) is 13.2 Å². The highest BCUT2D eigenvalue weighted by Crippen LogP contribution is 2.21. The van der Waals surface area contributed by atoms with Gasteiger partial charge < -0.3 is 15.2 Å². The third kappa shape index (κ3) is 3.99. The van der Waals surface area contributed by atoms with Crippen LogP contribution in [0.2, 0.25) is 0 Å². The number of carbonyl (C=O) groups is 1. The minimum atomic E-state index is -0.327. The highest BCUT2D eigenvalue weighted by atomic mass is 79.9. The number of halogens is 1. The van der Waals surface area contributed by atoms with Crippen molar-refractivity contribution in [3.8, 4) is 11.5 Å². The molecule has 0 aliphatic rings. The van der Waals surface area contributed by atoms with Crippen LogP contribution in [-0.2, 0) is 0 Å². The molecular weight excluding hydrogens is 322 g/mol. The molecule has 4 nitrogen and oxygen atoms in total. The molecule has 5 heteroatoms. The molecule has 1 amide bonds. The summed E-state index contributed by atoms with van der Waals surface area (Å²) in [5.74, 6) is 0.376. The number of hydrogen-bond acceptors (Lipinski definition) is 3. The van der Waals surface area contributed by atoms with Gasteiger partial charge in [-0.2, -0.15) is 0 Å². The van der Waals surface area contributed by atoms with Crippen LogP contribution in [0.4, 0.5) is 0 Å². The Balaban J connectivity index is 1.80. The van der Waals surface area contributed by atoms with Crippen molar-refractivity contribution in [1.29, 1.82) is 0 Å². The standard InChI is InChI=1S/C15H14BrNO3/c16-11-6-7-13(14(18)10-11)15(19)17-8-9-20-12-4-2-1-3-5-12/h1-7,10,18H,8-9H2,(H,17,19). The van der Waals surface area contributed by atoms with E-state index in [0.717, 1.165) is 10.2 Å². The smallest absolute Gasteiger partial charge is 0.255 e. The second-order valence-electron chi connectivity index (χ2n) is 4.08. The molecule has 0 unspecified atom stereocenters. The molecule has 104 valence electrons. The molecule has 0 bridgehead atoms. The molecule has 20 heavy (non-hydrogen) atoms. The number of nitrogens with one attached hydrogen (secondary N) is 1. The number of amides is 1.